The summed E-state index contributed by atoms with van der Waals surface area (Å²) in [5.41, 5.74) is 0.682. The monoisotopic (exact) mass is 263 g/mol. The van der Waals surface area contributed by atoms with Gasteiger partial charge in [0.15, 0.2) is 5.65 Å². The van der Waals surface area contributed by atoms with E-state index in [1.807, 2.05) is 25.1 Å². The Hall–Kier alpha value is -2.15. The molecule has 0 fully saturated rings. The lowest BCUT2D eigenvalue weighted by molar-refractivity contribution is 0.165. The molecule has 0 aliphatic carbocycles. The summed E-state index contributed by atoms with van der Waals surface area (Å²) < 4.78 is 6.73. The Balaban J connectivity index is 2.02. The number of ether oxygens (including phenoxy) is 1. The van der Waals surface area contributed by atoms with Crippen LogP contribution in [-0.4, -0.2) is 40.4 Å². The Kier molecular flexibility index (Phi) is 4.30. The predicted octanol–water partition coefficient (Wildman–Crippen LogP) is 1.28. The Bertz CT molecular complexity index is 554. The smallest absolute Gasteiger partial charge is 0.321 e. The van der Waals surface area contributed by atoms with Gasteiger partial charge in [-0.1, -0.05) is 13.0 Å². The number of methoxy groups -OCH3 is 1. The van der Waals surface area contributed by atoms with Crippen molar-refractivity contribution in [2.75, 3.05) is 19.0 Å². The SMILES string of the molecule is CC[C@H](COC)NC(=O)Nc1nnc2ccccn12. The van der Waals surface area contributed by atoms with E-state index in [2.05, 4.69) is 20.8 Å². The number of carbonyl (C=O) groups is 1. The zero-order valence-electron chi connectivity index (χ0n) is 11.0. The number of fused-ring (bicyclic) bond motifs is 1. The topological polar surface area (TPSA) is 80.5 Å². The van der Waals surface area contributed by atoms with E-state index in [0.717, 1.165) is 6.42 Å². The lowest BCUT2D eigenvalue weighted by Crippen LogP contribution is -2.40. The van der Waals surface area contributed by atoms with Gasteiger partial charge in [0.1, 0.15) is 0 Å². The molecule has 0 aliphatic heterocycles. The molecule has 2 amide bonds. The average Bonchev–Trinajstić information content (AvgIpc) is 2.82. The molecule has 0 aliphatic rings. The highest BCUT2D eigenvalue weighted by Crippen LogP contribution is 2.07. The molecule has 2 heterocycles. The summed E-state index contributed by atoms with van der Waals surface area (Å²) in [6.07, 6.45) is 2.58. The maximum Gasteiger partial charge on any atom is 0.321 e. The van der Waals surface area contributed by atoms with Crippen molar-refractivity contribution in [3.63, 3.8) is 0 Å². The molecular formula is C12H17N5O2. The third-order valence-electron chi connectivity index (χ3n) is 2.73. The lowest BCUT2D eigenvalue weighted by Gasteiger charge is -2.15. The molecule has 0 spiro atoms. The van der Waals surface area contributed by atoms with E-state index in [9.17, 15) is 4.79 Å². The number of nitrogens with one attached hydrogen (secondary N) is 2. The number of pyridine rings is 1. The van der Waals surface area contributed by atoms with Gasteiger partial charge in [-0.05, 0) is 18.6 Å². The first-order chi connectivity index (χ1) is 9.24. The first-order valence-electron chi connectivity index (χ1n) is 6.10. The van der Waals surface area contributed by atoms with Crippen LogP contribution in [0.5, 0.6) is 0 Å². The molecule has 0 saturated carbocycles. The predicted molar refractivity (Wildman–Crippen MR) is 71.1 cm³/mol. The number of anilines is 1. The maximum absolute atomic E-state index is 11.8. The van der Waals surface area contributed by atoms with Crippen LogP contribution in [0.1, 0.15) is 13.3 Å². The highest BCUT2D eigenvalue weighted by Gasteiger charge is 2.12. The fourth-order valence-corrected chi connectivity index (χ4v) is 1.71. The van der Waals surface area contributed by atoms with E-state index in [0.29, 0.717) is 18.2 Å². The zero-order valence-corrected chi connectivity index (χ0v) is 11.0. The summed E-state index contributed by atoms with van der Waals surface area (Å²) in [5, 5.41) is 13.4. The van der Waals surface area contributed by atoms with Crippen molar-refractivity contribution in [2.24, 2.45) is 0 Å². The highest BCUT2D eigenvalue weighted by molar-refractivity contribution is 5.87. The molecule has 102 valence electrons. The van der Waals surface area contributed by atoms with Crippen LogP contribution in [0.15, 0.2) is 24.4 Å². The summed E-state index contributed by atoms with van der Waals surface area (Å²) >= 11 is 0. The van der Waals surface area contributed by atoms with Gasteiger partial charge < -0.3 is 10.1 Å². The molecule has 0 radical (unpaired) electrons. The number of hydrogen-bond acceptors (Lipinski definition) is 4. The molecule has 2 aromatic rings. The molecule has 2 rings (SSSR count). The molecule has 0 bridgehead atoms. The summed E-state index contributed by atoms with van der Waals surface area (Å²) in [6.45, 7) is 2.46. The van der Waals surface area contributed by atoms with E-state index >= 15 is 0 Å². The van der Waals surface area contributed by atoms with Gasteiger partial charge in [-0.25, -0.2) is 4.79 Å². The molecule has 1 atom stereocenters. The number of carbonyl (C=O) groups excluding carboxylic acids is 1. The first-order valence-corrected chi connectivity index (χ1v) is 6.10. The van der Waals surface area contributed by atoms with Gasteiger partial charge in [-0.2, -0.15) is 0 Å². The van der Waals surface area contributed by atoms with Crippen LogP contribution >= 0.6 is 0 Å². The molecule has 2 N–H and O–H groups in total. The van der Waals surface area contributed by atoms with E-state index in [1.165, 1.54) is 0 Å². The minimum absolute atomic E-state index is 0.0239. The second-order valence-corrected chi connectivity index (χ2v) is 4.11. The largest absolute Gasteiger partial charge is 0.383 e. The fraction of sp³-hybridized carbons (Fsp3) is 0.417. The highest BCUT2D eigenvalue weighted by atomic mass is 16.5. The summed E-state index contributed by atoms with van der Waals surface area (Å²) in [6, 6.07) is 5.18. The average molecular weight is 263 g/mol. The van der Waals surface area contributed by atoms with Crippen molar-refractivity contribution >= 4 is 17.6 Å². The number of aromatic nitrogens is 3. The third kappa shape index (κ3) is 3.19. The van der Waals surface area contributed by atoms with Gasteiger partial charge in [0.25, 0.3) is 0 Å². The standard InChI is InChI=1S/C12H17N5O2/c1-3-9(8-19-2)13-12(18)14-11-16-15-10-6-4-5-7-17(10)11/h4-7,9H,3,8H2,1-2H3,(H2,13,14,16,18)/t9-/m1/s1. The number of rotatable bonds is 5. The zero-order chi connectivity index (χ0) is 13.7. The summed E-state index contributed by atoms with van der Waals surface area (Å²) in [5.74, 6) is 0.389. The quantitative estimate of drug-likeness (QED) is 0.851. The maximum atomic E-state index is 11.8. The lowest BCUT2D eigenvalue weighted by atomic mass is 10.2. The van der Waals surface area contributed by atoms with Crippen molar-refractivity contribution in [2.45, 2.75) is 19.4 Å². The van der Waals surface area contributed by atoms with E-state index in [4.69, 9.17) is 4.74 Å². The molecule has 7 heteroatoms. The minimum Gasteiger partial charge on any atom is -0.383 e. The van der Waals surface area contributed by atoms with Crippen LogP contribution in [0, 0.1) is 0 Å². The number of nitrogens with zero attached hydrogens (tertiary/aromatic N) is 3. The van der Waals surface area contributed by atoms with Crippen molar-refractivity contribution in [3.05, 3.63) is 24.4 Å². The molecule has 7 nitrogen and oxygen atoms in total. The number of urea groups is 1. The van der Waals surface area contributed by atoms with Crippen LogP contribution < -0.4 is 10.6 Å². The molecular weight excluding hydrogens is 246 g/mol. The Morgan fingerprint density at radius 2 is 2.32 bits per heavy atom. The van der Waals surface area contributed by atoms with E-state index in [-0.39, 0.29) is 12.1 Å². The van der Waals surface area contributed by atoms with Gasteiger partial charge in [0, 0.05) is 13.3 Å². The minimum atomic E-state index is -0.318. The molecule has 0 saturated heterocycles. The van der Waals surface area contributed by atoms with E-state index < -0.39 is 0 Å². The van der Waals surface area contributed by atoms with E-state index in [1.54, 1.807) is 17.7 Å². The van der Waals surface area contributed by atoms with Crippen molar-refractivity contribution in [1.82, 2.24) is 19.9 Å². The van der Waals surface area contributed by atoms with Crippen molar-refractivity contribution in [1.29, 1.82) is 0 Å². The summed E-state index contributed by atoms with van der Waals surface area (Å²) in [7, 11) is 1.61. The van der Waals surface area contributed by atoms with Gasteiger partial charge in [0.05, 0.1) is 12.6 Å². The Morgan fingerprint density at radius 1 is 1.47 bits per heavy atom. The third-order valence-corrected chi connectivity index (χ3v) is 2.73. The molecule has 2 aromatic heterocycles. The van der Waals surface area contributed by atoms with Crippen molar-refractivity contribution < 1.29 is 9.53 Å². The van der Waals surface area contributed by atoms with Crippen LogP contribution in [0.3, 0.4) is 0 Å². The Morgan fingerprint density at radius 3 is 3.05 bits per heavy atom. The number of hydrogen-bond donors (Lipinski definition) is 2. The second-order valence-electron chi connectivity index (χ2n) is 4.11. The van der Waals surface area contributed by atoms with Crippen LogP contribution in [0.2, 0.25) is 0 Å². The first kappa shape index (κ1) is 13.3. The molecule has 0 unspecified atom stereocenters. The normalized spacial score (nSPS) is 12.3. The van der Waals surface area contributed by atoms with Crippen LogP contribution in [-0.2, 0) is 4.74 Å². The Labute approximate surface area is 111 Å². The van der Waals surface area contributed by atoms with Gasteiger partial charge in [-0.15, -0.1) is 10.2 Å². The van der Waals surface area contributed by atoms with Crippen LogP contribution in [0.4, 0.5) is 10.7 Å². The van der Waals surface area contributed by atoms with Gasteiger partial charge >= 0.3 is 6.03 Å². The van der Waals surface area contributed by atoms with Gasteiger partial charge in [0.2, 0.25) is 5.95 Å². The second kappa shape index (κ2) is 6.14. The number of amides is 2. The van der Waals surface area contributed by atoms with Crippen LogP contribution in [0.25, 0.3) is 5.65 Å². The molecule has 0 aromatic carbocycles. The van der Waals surface area contributed by atoms with Crippen molar-refractivity contribution in [3.8, 4) is 0 Å². The fourth-order valence-electron chi connectivity index (χ4n) is 1.71. The summed E-state index contributed by atoms with van der Waals surface area (Å²) in [4.78, 5) is 11.8. The van der Waals surface area contributed by atoms with Gasteiger partial charge in [-0.3, -0.25) is 9.72 Å². The molecule has 19 heavy (non-hydrogen) atoms.